The maximum atomic E-state index is 10.2. The first-order valence-corrected chi connectivity index (χ1v) is 4.89. The Morgan fingerprint density at radius 3 is 2.00 bits per heavy atom. The Balaban J connectivity index is 3.67. The van der Waals surface area contributed by atoms with Crippen LogP contribution in [0.25, 0.3) is 0 Å². The second-order valence-corrected chi connectivity index (χ2v) is 3.53. The van der Waals surface area contributed by atoms with Gasteiger partial charge in [-0.25, -0.2) is 0 Å². The molecule has 0 aliphatic heterocycles. The molecule has 5 N–H and O–H groups in total. The van der Waals surface area contributed by atoms with Crippen molar-refractivity contribution in [1.82, 2.24) is 5.32 Å². The van der Waals surface area contributed by atoms with Gasteiger partial charge in [0.2, 0.25) is 0 Å². The van der Waals surface area contributed by atoms with E-state index in [4.69, 9.17) is 20.4 Å². The summed E-state index contributed by atoms with van der Waals surface area (Å²) in [6.45, 7) is -0.633. The van der Waals surface area contributed by atoms with Crippen LogP contribution in [0.3, 0.4) is 0 Å². The number of nitrogens with one attached hydrogen (secondary N) is 1. The van der Waals surface area contributed by atoms with E-state index in [2.05, 4.69) is 5.32 Å². The highest BCUT2D eigenvalue weighted by molar-refractivity contribution is 5.66. The fourth-order valence-electron chi connectivity index (χ4n) is 1.07. The lowest BCUT2D eigenvalue weighted by Crippen LogP contribution is -2.55. The van der Waals surface area contributed by atoms with Crippen molar-refractivity contribution in [3.05, 3.63) is 0 Å². The molecule has 0 fully saturated rings. The van der Waals surface area contributed by atoms with Gasteiger partial charge in [-0.2, -0.15) is 0 Å². The molecule has 0 unspecified atom stereocenters. The molecule has 0 saturated carbocycles. The van der Waals surface area contributed by atoms with E-state index in [0.717, 1.165) is 0 Å². The van der Waals surface area contributed by atoms with Gasteiger partial charge in [-0.3, -0.25) is 4.79 Å². The van der Waals surface area contributed by atoms with Crippen molar-refractivity contribution in [2.45, 2.75) is 24.8 Å². The largest absolute Gasteiger partial charge is 0.481 e. The zero-order chi connectivity index (χ0) is 11.7. The van der Waals surface area contributed by atoms with E-state index in [1.165, 1.54) is 0 Å². The highest BCUT2D eigenvalue weighted by Crippen LogP contribution is 2.02. The Labute approximate surface area is 88.5 Å². The van der Waals surface area contributed by atoms with Gasteiger partial charge in [0.05, 0.1) is 25.4 Å². The van der Waals surface area contributed by atoms with Crippen molar-refractivity contribution in [3.8, 4) is 0 Å². The maximum Gasteiger partial charge on any atom is 0.303 e. The molecular weight excluding hydrogens is 202 g/mol. The summed E-state index contributed by atoms with van der Waals surface area (Å²) in [7, 11) is 0. The summed E-state index contributed by atoms with van der Waals surface area (Å²) in [5, 5.41) is 38.0. The molecular formula is C9H19NO5. The monoisotopic (exact) mass is 221 g/mol. The minimum absolute atomic E-state index is 0.103. The lowest BCUT2D eigenvalue weighted by atomic mass is 10.0. The molecule has 0 atom stereocenters. The van der Waals surface area contributed by atoms with Crippen LogP contribution in [0.1, 0.15) is 19.3 Å². The van der Waals surface area contributed by atoms with Crippen LogP contribution in [-0.2, 0) is 4.79 Å². The molecule has 0 aliphatic rings. The van der Waals surface area contributed by atoms with E-state index in [1.54, 1.807) is 0 Å². The van der Waals surface area contributed by atoms with Crippen LogP contribution in [0, 0.1) is 0 Å². The van der Waals surface area contributed by atoms with Gasteiger partial charge in [0.25, 0.3) is 0 Å². The average Bonchev–Trinajstić information content (AvgIpc) is 2.24. The minimum atomic E-state index is -1.07. The lowest BCUT2D eigenvalue weighted by molar-refractivity contribution is -0.137. The standard InChI is InChI=1S/C9H19NO5/c11-5-9(6-12,7-13)10-4-2-1-3-8(14)15/h10-13H,1-7H2,(H,14,15). The highest BCUT2D eigenvalue weighted by Gasteiger charge is 2.26. The topological polar surface area (TPSA) is 110 Å². The summed E-state index contributed by atoms with van der Waals surface area (Å²) in [4.78, 5) is 10.2. The van der Waals surface area contributed by atoms with E-state index in [-0.39, 0.29) is 26.2 Å². The molecule has 15 heavy (non-hydrogen) atoms. The van der Waals surface area contributed by atoms with Crippen molar-refractivity contribution >= 4 is 5.97 Å². The summed E-state index contributed by atoms with van der Waals surface area (Å²) in [5.41, 5.74) is -1.07. The molecule has 0 saturated heterocycles. The number of unbranched alkanes of at least 4 members (excludes halogenated alkanes) is 1. The number of aliphatic carboxylic acids is 1. The molecule has 0 spiro atoms. The Morgan fingerprint density at radius 1 is 1.07 bits per heavy atom. The SMILES string of the molecule is O=C(O)CCCCNC(CO)(CO)CO. The molecule has 0 aromatic rings. The van der Waals surface area contributed by atoms with Gasteiger partial charge in [-0.1, -0.05) is 0 Å². The molecule has 0 heterocycles. The summed E-state index contributed by atoms with van der Waals surface area (Å²) >= 11 is 0. The van der Waals surface area contributed by atoms with Gasteiger partial charge in [0.15, 0.2) is 0 Å². The third-order valence-electron chi connectivity index (χ3n) is 2.23. The Hall–Kier alpha value is -0.690. The van der Waals surface area contributed by atoms with Crippen molar-refractivity contribution < 1.29 is 25.2 Å². The number of aliphatic hydroxyl groups is 3. The Bertz CT molecular complexity index is 173. The van der Waals surface area contributed by atoms with E-state index >= 15 is 0 Å². The molecule has 0 aromatic heterocycles. The van der Waals surface area contributed by atoms with Gasteiger partial charge >= 0.3 is 5.97 Å². The molecule has 6 nitrogen and oxygen atoms in total. The molecule has 0 radical (unpaired) electrons. The fourth-order valence-corrected chi connectivity index (χ4v) is 1.07. The van der Waals surface area contributed by atoms with Crippen LogP contribution in [0.15, 0.2) is 0 Å². The number of carbonyl (C=O) groups is 1. The molecule has 0 bridgehead atoms. The predicted molar refractivity (Wildman–Crippen MR) is 53.5 cm³/mol. The Morgan fingerprint density at radius 2 is 1.60 bits per heavy atom. The number of aliphatic hydroxyl groups excluding tert-OH is 3. The van der Waals surface area contributed by atoms with E-state index in [0.29, 0.717) is 19.4 Å². The highest BCUT2D eigenvalue weighted by atomic mass is 16.4. The molecule has 6 heteroatoms. The van der Waals surface area contributed by atoms with Gasteiger partial charge in [0.1, 0.15) is 0 Å². The molecule has 0 amide bonds. The minimum Gasteiger partial charge on any atom is -0.481 e. The fraction of sp³-hybridized carbons (Fsp3) is 0.889. The zero-order valence-corrected chi connectivity index (χ0v) is 8.65. The van der Waals surface area contributed by atoms with Crippen molar-refractivity contribution in [3.63, 3.8) is 0 Å². The van der Waals surface area contributed by atoms with Gasteiger partial charge in [-0.05, 0) is 19.4 Å². The third-order valence-corrected chi connectivity index (χ3v) is 2.23. The summed E-state index contributed by atoms with van der Waals surface area (Å²) in [6.07, 6.45) is 1.25. The smallest absolute Gasteiger partial charge is 0.303 e. The average molecular weight is 221 g/mol. The number of hydrogen-bond acceptors (Lipinski definition) is 5. The number of carboxylic acid groups (broad SMARTS) is 1. The van der Waals surface area contributed by atoms with Gasteiger partial charge in [-0.15, -0.1) is 0 Å². The summed E-state index contributed by atoms with van der Waals surface area (Å²) in [5.74, 6) is -0.840. The first-order chi connectivity index (χ1) is 7.10. The number of rotatable bonds is 9. The van der Waals surface area contributed by atoms with E-state index in [1.807, 2.05) is 0 Å². The number of carboxylic acids is 1. The van der Waals surface area contributed by atoms with E-state index in [9.17, 15) is 4.79 Å². The van der Waals surface area contributed by atoms with Crippen LogP contribution >= 0.6 is 0 Å². The second kappa shape index (κ2) is 7.58. The van der Waals surface area contributed by atoms with Crippen LogP contribution in [0.4, 0.5) is 0 Å². The predicted octanol–water partition coefficient (Wildman–Crippen LogP) is -1.45. The lowest BCUT2D eigenvalue weighted by Gasteiger charge is -2.28. The normalized spacial score (nSPS) is 11.7. The van der Waals surface area contributed by atoms with E-state index < -0.39 is 11.5 Å². The first kappa shape index (κ1) is 14.3. The summed E-state index contributed by atoms with van der Waals surface area (Å²) < 4.78 is 0. The summed E-state index contributed by atoms with van der Waals surface area (Å²) in [6, 6.07) is 0. The third kappa shape index (κ3) is 5.68. The van der Waals surface area contributed by atoms with Crippen molar-refractivity contribution in [2.75, 3.05) is 26.4 Å². The molecule has 0 aliphatic carbocycles. The second-order valence-electron chi connectivity index (χ2n) is 3.53. The van der Waals surface area contributed by atoms with Gasteiger partial charge < -0.3 is 25.7 Å². The zero-order valence-electron chi connectivity index (χ0n) is 8.65. The maximum absolute atomic E-state index is 10.2. The number of hydrogen-bond donors (Lipinski definition) is 5. The van der Waals surface area contributed by atoms with Crippen molar-refractivity contribution in [1.29, 1.82) is 0 Å². The van der Waals surface area contributed by atoms with Crippen LogP contribution in [-0.4, -0.2) is 58.3 Å². The van der Waals surface area contributed by atoms with Crippen LogP contribution in [0.5, 0.6) is 0 Å². The molecule has 0 aromatic carbocycles. The van der Waals surface area contributed by atoms with Crippen LogP contribution < -0.4 is 5.32 Å². The first-order valence-electron chi connectivity index (χ1n) is 4.89. The Kier molecular flexibility index (Phi) is 7.23. The van der Waals surface area contributed by atoms with Crippen LogP contribution in [0.2, 0.25) is 0 Å². The van der Waals surface area contributed by atoms with Gasteiger partial charge in [0, 0.05) is 6.42 Å². The molecule has 90 valence electrons. The van der Waals surface area contributed by atoms with Crippen molar-refractivity contribution in [2.24, 2.45) is 0 Å². The quantitative estimate of drug-likeness (QED) is 0.305. The molecule has 0 rings (SSSR count).